The summed E-state index contributed by atoms with van der Waals surface area (Å²) in [6, 6.07) is 5.44. The van der Waals surface area contributed by atoms with Crippen LogP contribution in [0.2, 0.25) is 0 Å². The Morgan fingerprint density at radius 1 is 1.44 bits per heavy atom. The molecule has 1 amide bonds. The van der Waals surface area contributed by atoms with Crippen molar-refractivity contribution in [1.29, 1.82) is 0 Å². The maximum absolute atomic E-state index is 11.8. The van der Waals surface area contributed by atoms with Crippen LogP contribution < -0.4 is 10.1 Å². The third-order valence-electron chi connectivity index (χ3n) is 2.59. The van der Waals surface area contributed by atoms with Gasteiger partial charge in [0.25, 0.3) is 0 Å². The normalized spacial score (nSPS) is 17.7. The van der Waals surface area contributed by atoms with Crippen molar-refractivity contribution in [2.75, 3.05) is 19.5 Å². The predicted molar refractivity (Wildman–Crippen MR) is 67.9 cm³/mol. The van der Waals surface area contributed by atoms with Crippen molar-refractivity contribution in [3.05, 3.63) is 18.2 Å². The van der Waals surface area contributed by atoms with E-state index in [0.29, 0.717) is 11.4 Å². The lowest BCUT2D eigenvalue weighted by Gasteiger charge is -2.23. The maximum Gasteiger partial charge on any atom is 0.307 e. The van der Waals surface area contributed by atoms with E-state index >= 15 is 0 Å². The first-order valence-electron chi connectivity index (χ1n) is 5.36. The summed E-state index contributed by atoms with van der Waals surface area (Å²) in [4.78, 5) is 24.0. The number of hydrogen-bond acceptors (Lipinski definition) is 5. The van der Waals surface area contributed by atoms with Crippen LogP contribution in [0.3, 0.4) is 0 Å². The van der Waals surface area contributed by atoms with Crippen LogP contribution in [-0.4, -0.2) is 31.3 Å². The van der Waals surface area contributed by atoms with Crippen LogP contribution in [0.1, 0.15) is 6.42 Å². The molecule has 0 radical (unpaired) electrons. The molecule has 6 heteroatoms. The van der Waals surface area contributed by atoms with E-state index in [1.165, 1.54) is 18.9 Å². The minimum absolute atomic E-state index is 0.0679. The minimum Gasteiger partial charge on any atom is -0.497 e. The molecule has 1 atom stereocenters. The second-order valence-electron chi connectivity index (χ2n) is 3.74. The van der Waals surface area contributed by atoms with Gasteiger partial charge in [-0.3, -0.25) is 9.59 Å². The molecule has 1 aromatic carbocycles. The Labute approximate surface area is 109 Å². The van der Waals surface area contributed by atoms with Crippen LogP contribution >= 0.6 is 11.8 Å². The van der Waals surface area contributed by atoms with Crippen LogP contribution in [0.25, 0.3) is 0 Å². The number of benzene rings is 1. The number of carbonyl (C=O) groups excluding carboxylic acids is 2. The largest absolute Gasteiger partial charge is 0.497 e. The number of ether oxygens (including phenoxy) is 2. The van der Waals surface area contributed by atoms with E-state index in [2.05, 4.69) is 10.1 Å². The average molecular weight is 267 g/mol. The molecule has 1 aliphatic rings. The monoisotopic (exact) mass is 267 g/mol. The Morgan fingerprint density at radius 2 is 2.22 bits per heavy atom. The summed E-state index contributed by atoms with van der Waals surface area (Å²) in [7, 11) is 2.88. The second-order valence-corrected chi connectivity index (χ2v) is 4.98. The second kappa shape index (κ2) is 5.30. The number of methoxy groups -OCH3 is 2. The highest BCUT2D eigenvalue weighted by atomic mass is 32.2. The van der Waals surface area contributed by atoms with Gasteiger partial charge in [0.1, 0.15) is 5.75 Å². The number of amides is 1. The standard InChI is InChI=1S/C12H13NO4S/c1-16-7-3-4-9-8(5-7)13-12(15)10(18-9)6-11(14)17-2/h3-5,10H,6H2,1-2H3,(H,13,15). The zero-order chi connectivity index (χ0) is 13.1. The molecule has 0 saturated heterocycles. The number of fused-ring (bicyclic) bond motifs is 1. The lowest BCUT2D eigenvalue weighted by Crippen LogP contribution is -2.31. The molecule has 0 spiro atoms. The molecular weight excluding hydrogens is 254 g/mol. The number of nitrogens with one attached hydrogen (secondary N) is 1. The van der Waals surface area contributed by atoms with Crippen molar-refractivity contribution in [3.8, 4) is 5.75 Å². The number of rotatable bonds is 3. The Morgan fingerprint density at radius 3 is 2.89 bits per heavy atom. The predicted octanol–water partition coefficient (Wildman–Crippen LogP) is 1.67. The zero-order valence-corrected chi connectivity index (χ0v) is 10.9. The molecule has 1 aliphatic heterocycles. The van der Waals surface area contributed by atoms with Gasteiger partial charge in [0, 0.05) is 11.0 Å². The van der Waals surface area contributed by atoms with E-state index in [1.807, 2.05) is 12.1 Å². The van der Waals surface area contributed by atoms with Crippen molar-refractivity contribution in [1.82, 2.24) is 0 Å². The summed E-state index contributed by atoms with van der Waals surface area (Å²) < 4.78 is 9.66. The average Bonchev–Trinajstić information content (AvgIpc) is 2.38. The van der Waals surface area contributed by atoms with Crippen LogP contribution in [-0.2, 0) is 14.3 Å². The summed E-state index contributed by atoms with van der Waals surface area (Å²) in [5.41, 5.74) is 0.713. The molecule has 2 rings (SSSR count). The number of anilines is 1. The van der Waals surface area contributed by atoms with Crippen molar-refractivity contribution in [2.24, 2.45) is 0 Å². The van der Waals surface area contributed by atoms with Gasteiger partial charge < -0.3 is 14.8 Å². The Hall–Kier alpha value is -1.69. The molecule has 1 N–H and O–H groups in total. The SMILES string of the molecule is COC(=O)CC1Sc2ccc(OC)cc2NC1=O. The van der Waals surface area contributed by atoms with Crippen LogP contribution in [0.15, 0.2) is 23.1 Å². The first kappa shape index (κ1) is 12.8. The lowest BCUT2D eigenvalue weighted by atomic mass is 10.2. The van der Waals surface area contributed by atoms with Gasteiger partial charge in [0.2, 0.25) is 5.91 Å². The Balaban J connectivity index is 2.18. The fourth-order valence-corrected chi connectivity index (χ4v) is 2.70. The molecule has 0 fully saturated rings. The van der Waals surface area contributed by atoms with E-state index in [1.54, 1.807) is 13.2 Å². The van der Waals surface area contributed by atoms with E-state index < -0.39 is 5.25 Å². The van der Waals surface area contributed by atoms with E-state index in [9.17, 15) is 9.59 Å². The fourth-order valence-electron chi connectivity index (χ4n) is 1.63. The van der Waals surface area contributed by atoms with Gasteiger partial charge in [-0.05, 0) is 12.1 Å². The van der Waals surface area contributed by atoms with Gasteiger partial charge >= 0.3 is 5.97 Å². The highest BCUT2D eigenvalue weighted by molar-refractivity contribution is 8.01. The van der Waals surface area contributed by atoms with Crippen molar-refractivity contribution >= 4 is 29.3 Å². The van der Waals surface area contributed by atoms with Crippen LogP contribution in [0, 0.1) is 0 Å². The van der Waals surface area contributed by atoms with Gasteiger partial charge in [-0.2, -0.15) is 0 Å². The molecule has 0 aliphatic carbocycles. The van der Waals surface area contributed by atoms with Gasteiger partial charge in [-0.1, -0.05) is 0 Å². The third-order valence-corrected chi connectivity index (χ3v) is 3.86. The van der Waals surface area contributed by atoms with Gasteiger partial charge in [-0.15, -0.1) is 11.8 Å². The molecule has 96 valence electrons. The summed E-state index contributed by atoms with van der Waals surface area (Å²) in [5.74, 6) is 0.104. The molecule has 5 nitrogen and oxygen atoms in total. The van der Waals surface area contributed by atoms with E-state index in [4.69, 9.17) is 4.74 Å². The highest BCUT2D eigenvalue weighted by Gasteiger charge is 2.29. The fraction of sp³-hybridized carbons (Fsp3) is 0.333. The highest BCUT2D eigenvalue weighted by Crippen LogP contribution is 2.38. The molecule has 0 saturated carbocycles. The smallest absolute Gasteiger partial charge is 0.307 e. The summed E-state index contributed by atoms with van der Waals surface area (Å²) in [5, 5.41) is 2.32. The zero-order valence-electron chi connectivity index (χ0n) is 10.1. The Kier molecular flexibility index (Phi) is 3.76. The molecule has 1 aromatic rings. The topological polar surface area (TPSA) is 64.6 Å². The third kappa shape index (κ3) is 2.59. The summed E-state index contributed by atoms with van der Waals surface area (Å²) >= 11 is 1.36. The van der Waals surface area contributed by atoms with Crippen LogP contribution in [0.5, 0.6) is 5.75 Å². The minimum atomic E-state index is -0.446. The Bertz CT molecular complexity index is 489. The maximum atomic E-state index is 11.8. The van der Waals surface area contributed by atoms with E-state index in [0.717, 1.165) is 4.90 Å². The van der Waals surface area contributed by atoms with E-state index in [-0.39, 0.29) is 18.3 Å². The van der Waals surface area contributed by atoms with Crippen molar-refractivity contribution < 1.29 is 19.1 Å². The lowest BCUT2D eigenvalue weighted by molar-refractivity contribution is -0.141. The molecule has 0 aromatic heterocycles. The number of esters is 1. The summed E-state index contributed by atoms with van der Waals surface area (Å²) in [6.07, 6.45) is 0.0679. The first-order chi connectivity index (χ1) is 8.63. The number of carbonyl (C=O) groups is 2. The van der Waals surface area contributed by atoms with Gasteiger partial charge in [-0.25, -0.2) is 0 Å². The number of thioether (sulfide) groups is 1. The molecule has 0 bridgehead atoms. The van der Waals surface area contributed by atoms with Crippen molar-refractivity contribution in [2.45, 2.75) is 16.6 Å². The van der Waals surface area contributed by atoms with Crippen LogP contribution in [0.4, 0.5) is 5.69 Å². The number of hydrogen-bond donors (Lipinski definition) is 1. The summed E-state index contributed by atoms with van der Waals surface area (Å²) in [6.45, 7) is 0. The molecular formula is C12H13NO4S. The molecule has 1 unspecified atom stereocenters. The van der Waals surface area contributed by atoms with Gasteiger partial charge in [0.05, 0.1) is 31.6 Å². The quantitative estimate of drug-likeness (QED) is 0.844. The van der Waals surface area contributed by atoms with Gasteiger partial charge in [0.15, 0.2) is 0 Å². The first-order valence-corrected chi connectivity index (χ1v) is 6.24. The molecule has 1 heterocycles. The molecule has 18 heavy (non-hydrogen) atoms. The van der Waals surface area contributed by atoms with Crippen molar-refractivity contribution in [3.63, 3.8) is 0 Å².